The van der Waals surface area contributed by atoms with Crippen LogP contribution in [-0.2, 0) is 9.59 Å². The van der Waals surface area contributed by atoms with Gasteiger partial charge >= 0.3 is 0 Å². The summed E-state index contributed by atoms with van der Waals surface area (Å²) in [5.74, 6) is 1.22. The van der Waals surface area contributed by atoms with Gasteiger partial charge in [-0.25, -0.2) is 0 Å². The molecule has 1 aliphatic rings. The molecule has 172 valence electrons. The van der Waals surface area contributed by atoms with Crippen molar-refractivity contribution in [1.82, 2.24) is 4.90 Å². The normalized spacial score (nSPS) is 17.9. The van der Waals surface area contributed by atoms with E-state index in [0.717, 1.165) is 24.2 Å². The zero-order valence-corrected chi connectivity index (χ0v) is 19.2. The molecule has 0 aromatic heterocycles. The van der Waals surface area contributed by atoms with Crippen LogP contribution in [0.3, 0.4) is 0 Å². The molecule has 1 fully saturated rings. The van der Waals surface area contributed by atoms with Crippen molar-refractivity contribution in [3.05, 3.63) is 48.0 Å². The van der Waals surface area contributed by atoms with Gasteiger partial charge < -0.3 is 24.4 Å². The van der Waals surface area contributed by atoms with Crippen molar-refractivity contribution in [2.75, 3.05) is 32.7 Å². The number of hydrogen-bond donors (Lipinski definition) is 1. The van der Waals surface area contributed by atoms with Crippen molar-refractivity contribution in [1.29, 1.82) is 0 Å². The van der Waals surface area contributed by atoms with Gasteiger partial charge in [0, 0.05) is 24.7 Å². The third kappa shape index (κ3) is 5.15. The first kappa shape index (κ1) is 23.4. The van der Waals surface area contributed by atoms with E-state index in [1.165, 1.54) is 0 Å². The van der Waals surface area contributed by atoms with Crippen LogP contribution < -0.4 is 19.5 Å². The molecule has 0 aliphatic carbocycles. The Morgan fingerprint density at radius 2 is 1.81 bits per heavy atom. The molecule has 3 rings (SSSR count). The maximum atomic E-state index is 13.3. The predicted molar refractivity (Wildman–Crippen MR) is 123 cm³/mol. The van der Waals surface area contributed by atoms with Crippen LogP contribution >= 0.6 is 0 Å². The first-order valence-corrected chi connectivity index (χ1v) is 11.1. The first-order valence-electron chi connectivity index (χ1n) is 11.1. The number of amides is 2. The van der Waals surface area contributed by atoms with Crippen LogP contribution in [0.1, 0.15) is 44.7 Å². The van der Waals surface area contributed by atoms with Gasteiger partial charge in [0.1, 0.15) is 5.75 Å². The molecule has 1 N–H and O–H groups in total. The number of carbonyl (C=O) groups is 2. The standard InChI is InChI=1S/C25H32N2O5/c1-5-7-14-27-23(28)16-20(24(27)17-8-11-19(30-3)12-9-17)25(29)26-18-10-13-21(32-6-2)22(15-18)31-4/h8-13,15,20,24H,5-7,14,16H2,1-4H3,(H,26,29). The third-order valence-corrected chi connectivity index (χ3v) is 5.71. The molecule has 2 amide bonds. The smallest absolute Gasteiger partial charge is 0.230 e. The highest BCUT2D eigenvalue weighted by atomic mass is 16.5. The van der Waals surface area contributed by atoms with Gasteiger partial charge in [0.2, 0.25) is 11.8 Å². The van der Waals surface area contributed by atoms with Crippen molar-refractivity contribution < 1.29 is 23.8 Å². The van der Waals surface area contributed by atoms with E-state index in [9.17, 15) is 9.59 Å². The summed E-state index contributed by atoms with van der Waals surface area (Å²) in [6, 6.07) is 12.6. The number of nitrogens with one attached hydrogen (secondary N) is 1. The molecule has 2 aromatic carbocycles. The lowest BCUT2D eigenvalue weighted by atomic mass is 9.92. The highest BCUT2D eigenvalue weighted by Crippen LogP contribution is 2.40. The van der Waals surface area contributed by atoms with E-state index in [1.807, 2.05) is 36.1 Å². The van der Waals surface area contributed by atoms with E-state index in [4.69, 9.17) is 14.2 Å². The van der Waals surface area contributed by atoms with E-state index in [0.29, 0.717) is 30.3 Å². The summed E-state index contributed by atoms with van der Waals surface area (Å²) in [5.41, 5.74) is 1.53. The first-order chi connectivity index (χ1) is 15.5. The number of hydrogen-bond acceptors (Lipinski definition) is 5. The number of carbonyl (C=O) groups excluding carboxylic acids is 2. The monoisotopic (exact) mass is 440 g/mol. The van der Waals surface area contributed by atoms with E-state index < -0.39 is 5.92 Å². The summed E-state index contributed by atoms with van der Waals surface area (Å²) in [6.45, 7) is 5.14. The fraction of sp³-hybridized carbons (Fsp3) is 0.440. The van der Waals surface area contributed by atoms with E-state index in [2.05, 4.69) is 12.2 Å². The van der Waals surface area contributed by atoms with Gasteiger partial charge in [-0.3, -0.25) is 9.59 Å². The summed E-state index contributed by atoms with van der Waals surface area (Å²) >= 11 is 0. The van der Waals surface area contributed by atoms with Gasteiger partial charge in [-0.1, -0.05) is 25.5 Å². The molecular weight excluding hydrogens is 408 g/mol. The zero-order chi connectivity index (χ0) is 23.1. The van der Waals surface area contributed by atoms with Crippen molar-refractivity contribution in [2.24, 2.45) is 5.92 Å². The Labute approximate surface area is 189 Å². The molecule has 0 radical (unpaired) electrons. The van der Waals surface area contributed by atoms with Crippen LogP contribution in [-0.4, -0.2) is 44.1 Å². The second-order valence-corrected chi connectivity index (χ2v) is 7.76. The summed E-state index contributed by atoms with van der Waals surface area (Å²) < 4.78 is 16.2. The zero-order valence-electron chi connectivity index (χ0n) is 19.2. The maximum Gasteiger partial charge on any atom is 0.230 e. The molecule has 2 unspecified atom stereocenters. The van der Waals surface area contributed by atoms with E-state index in [1.54, 1.807) is 32.4 Å². The lowest BCUT2D eigenvalue weighted by Gasteiger charge is -2.28. The Morgan fingerprint density at radius 3 is 2.44 bits per heavy atom. The number of methoxy groups -OCH3 is 2. The highest BCUT2D eigenvalue weighted by molar-refractivity contribution is 5.98. The summed E-state index contributed by atoms with van der Waals surface area (Å²) in [4.78, 5) is 28.0. The highest BCUT2D eigenvalue weighted by Gasteiger charge is 2.44. The number of nitrogens with zero attached hydrogens (tertiary/aromatic N) is 1. The van der Waals surface area contributed by atoms with Gasteiger partial charge in [-0.2, -0.15) is 0 Å². The largest absolute Gasteiger partial charge is 0.497 e. The quantitative estimate of drug-likeness (QED) is 0.591. The van der Waals surface area contributed by atoms with Crippen molar-refractivity contribution in [3.8, 4) is 17.2 Å². The summed E-state index contributed by atoms with van der Waals surface area (Å²) in [5, 5.41) is 2.97. The Balaban J connectivity index is 1.86. The van der Waals surface area contributed by atoms with Crippen LogP contribution in [0, 0.1) is 5.92 Å². The number of likely N-dealkylation sites (tertiary alicyclic amines) is 1. The Hall–Kier alpha value is -3.22. The van der Waals surface area contributed by atoms with Gasteiger partial charge in [-0.15, -0.1) is 0 Å². The van der Waals surface area contributed by atoms with Crippen LogP contribution in [0.2, 0.25) is 0 Å². The van der Waals surface area contributed by atoms with Crippen molar-refractivity contribution in [2.45, 2.75) is 39.2 Å². The average molecular weight is 441 g/mol. The average Bonchev–Trinajstić information content (AvgIpc) is 3.14. The van der Waals surface area contributed by atoms with Crippen molar-refractivity contribution >= 4 is 17.5 Å². The number of unbranched alkanes of at least 4 members (excludes halogenated alkanes) is 1. The molecular formula is C25H32N2O5. The Kier molecular flexibility index (Phi) is 7.98. The van der Waals surface area contributed by atoms with Gasteiger partial charge in [-0.05, 0) is 43.2 Å². The fourth-order valence-corrected chi connectivity index (χ4v) is 4.09. The second kappa shape index (κ2) is 10.9. The van der Waals surface area contributed by atoms with Crippen LogP contribution in [0.15, 0.2) is 42.5 Å². The topological polar surface area (TPSA) is 77.1 Å². The second-order valence-electron chi connectivity index (χ2n) is 7.76. The molecule has 2 aromatic rings. The molecule has 1 aliphatic heterocycles. The molecule has 2 atom stereocenters. The Bertz CT molecular complexity index is 928. The lowest BCUT2D eigenvalue weighted by molar-refractivity contribution is -0.129. The van der Waals surface area contributed by atoms with Crippen LogP contribution in [0.4, 0.5) is 5.69 Å². The van der Waals surface area contributed by atoms with Crippen LogP contribution in [0.5, 0.6) is 17.2 Å². The number of anilines is 1. The van der Waals surface area contributed by atoms with Gasteiger partial charge in [0.25, 0.3) is 0 Å². The van der Waals surface area contributed by atoms with Gasteiger partial charge in [0.15, 0.2) is 11.5 Å². The third-order valence-electron chi connectivity index (χ3n) is 5.71. The molecule has 0 saturated carbocycles. The van der Waals surface area contributed by atoms with Crippen molar-refractivity contribution in [3.63, 3.8) is 0 Å². The number of benzene rings is 2. The van der Waals surface area contributed by atoms with Crippen LogP contribution in [0.25, 0.3) is 0 Å². The molecule has 32 heavy (non-hydrogen) atoms. The predicted octanol–water partition coefficient (Wildman–Crippen LogP) is 4.43. The van der Waals surface area contributed by atoms with E-state index >= 15 is 0 Å². The molecule has 7 nitrogen and oxygen atoms in total. The maximum absolute atomic E-state index is 13.3. The molecule has 7 heteroatoms. The molecule has 1 heterocycles. The molecule has 0 bridgehead atoms. The molecule has 0 spiro atoms. The van der Waals surface area contributed by atoms with E-state index in [-0.39, 0.29) is 24.3 Å². The summed E-state index contributed by atoms with van der Waals surface area (Å²) in [6.07, 6.45) is 2.05. The Morgan fingerprint density at radius 1 is 1.06 bits per heavy atom. The minimum atomic E-state index is -0.495. The SMILES string of the molecule is CCCCN1C(=O)CC(C(=O)Nc2ccc(OCC)c(OC)c2)C1c1ccc(OC)cc1. The lowest BCUT2D eigenvalue weighted by Crippen LogP contribution is -2.33. The summed E-state index contributed by atoms with van der Waals surface area (Å²) in [7, 11) is 3.17. The van der Waals surface area contributed by atoms with Gasteiger partial charge in [0.05, 0.1) is 32.8 Å². The minimum absolute atomic E-state index is 0.00342. The minimum Gasteiger partial charge on any atom is -0.497 e. The fourth-order valence-electron chi connectivity index (χ4n) is 4.09. The number of ether oxygens (including phenoxy) is 3. The number of rotatable bonds is 10. The molecule has 1 saturated heterocycles.